The lowest BCUT2D eigenvalue weighted by atomic mass is 10.2. The van der Waals surface area contributed by atoms with E-state index in [-0.39, 0.29) is 28.6 Å². The zero-order valence-corrected chi connectivity index (χ0v) is 20.3. The van der Waals surface area contributed by atoms with Crippen LogP contribution in [0.1, 0.15) is 11.4 Å². The van der Waals surface area contributed by atoms with Crippen molar-refractivity contribution in [2.24, 2.45) is 0 Å². The number of benzene rings is 1. The summed E-state index contributed by atoms with van der Waals surface area (Å²) in [5, 5.41) is 2.98. The molecule has 0 unspecified atom stereocenters. The van der Waals surface area contributed by atoms with Gasteiger partial charge in [-0.3, -0.25) is 0 Å². The number of alkyl halides is 3. The second kappa shape index (κ2) is 9.62. The van der Waals surface area contributed by atoms with Gasteiger partial charge in [0.05, 0.1) is 40.8 Å². The minimum absolute atomic E-state index is 0.0282. The molecule has 0 spiro atoms. The molecule has 0 fully saturated rings. The zero-order chi connectivity index (χ0) is 24.4. The molecule has 0 saturated carbocycles. The summed E-state index contributed by atoms with van der Waals surface area (Å²) < 4.78 is 72.2. The first-order valence-electron chi connectivity index (χ1n) is 9.49. The normalized spacial score (nSPS) is 12.0. The summed E-state index contributed by atoms with van der Waals surface area (Å²) in [5.41, 5.74) is 0.800. The van der Waals surface area contributed by atoms with Gasteiger partial charge in [0.15, 0.2) is 5.65 Å². The minimum atomic E-state index is -4.42. The number of sulfonamides is 1. The Bertz CT molecular complexity index is 1340. The van der Waals surface area contributed by atoms with Gasteiger partial charge in [0.1, 0.15) is 11.4 Å². The Morgan fingerprint density at radius 1 is 1.27 bits per heavy atom. The van der Waals surface area contributed by atoms with Crippen molar-refractivity contribution in [2.75, 3.05) is 33.1 Å². The highest BCUT2D eigenvalue weighted by molar-refractivity contribution is 9.10. The first kappa shape index (κ1) is 24.9. The van der Waals surface area contributed by atoms with E-state index in [1.165, 1.54) is 50.0 Å². The van der Waals surface area contributed by atoms with Gasteiger partial charge < -0.3 is 14.5 Å². The van der Waals surface area contributed by atoms with Crippen molar-refractivity contribution in [2.45, 2.75) is 17.5 Å². The lowest BCUT2D eigenvalue weighted by Crippen LogP contribution is -2.22. The van der Waals surface area contributed by atoms with Crippen LogP contribution in [0.3, 0.4) is 0 Å². The van der Waals surface area contributed by atoms with Gasteiger partial charge in [-0.25, -0.2) is 17.7 Å². The van der Waals surface area contributed by atoms with Crippen molar-refractivity contribution in [3.63, 3.8) is 0 Å². The Labute approximate surface area is 197 Å². The summed E-state index contributed by atoms with van der Waals surface area (Å²) in [5.74, 6) is 5.76. The molecule has 0 aliphatic carbocycles. The van der Waals surface area contributed by atoms with Crippen molar-refractivity contribution in [3.05, 3.63) is 52.4 Å². The van der Waals surface area contributed by atoms with E-state index in [1.807, 2.05) is 0 Å². The molecular weight excluding hydrogens is 525 g/mol. The molecule has 12 heteroatoms. The number of hydrogen-bond acceptors (Lipinski definition) is 5. The number of imidazole rings is 1. The molecule has 2 aromatic heterocycles. The van der Waals surface area contributed by atoms with Crippen LogP contribution in [0.2, 0.25) is 0 Å². The molecule has 0 bridgehead atoms. The van der Waals surface area contributed by atoms with Crippen LogP contribution in [-0.4, -0.2) is 56.0 Å². The number of nitrogens with zero attached hydrogens (tertiary/aromatic N) is 3. The Morgan fingerprint density at radius 3 is 2.64 bits per heavy atom. The van der Waals surface area contributed by atoms with E-state index in [4.69, 9.17) is 4.74 Å². The highest BCUT2D eigenvalue weighted by Crippen LogP contribution is 2.29. The van der Waals surface area contributed by atoms with Crippen molar-refractivity contribution < 1.29 is 26.3 Å². The van der Waals surface area contributed by atoms with Gasteiger partial charge in [0.2, 0.25) is 10.0 Å². The largest absolute Gasteiger partial charge is 0.495 e. The quantitative estimate of drug-likeness (QED) is 0.476. The number of aromatic nitrogens is 2. The number of anilines is 1. The van der Waals surface area contributed by atoms with Gasteiger partial charge in [-0.15, -0.1) is 0 Å². The molecule has 0 aliphatic rings. The number of hydrogen-bond donors (Lipinski definition) is 1. The van der Waals surface area contributed by atoms with Crippen molar-refractivity contribution in [1.82, 2.24) is 13.7 Å². The minimum Gasteiger partial charge on any atom is -0.495 e. The summed E-state index contributed by atoms with van der Waals surface area (Å²) in [4.78, 5) is 4.31. The summed E-state index contributed by atoms with van der Waals surface area (Å²) >= 11 is 3.30. The van der Waals surface area contributed by atoms with E-state index in [0.717, 1.165) is 4.31 Å². The van der Waals surface area contributed by atoms with E-state index in [0.29, 0.717) is 15.8 Å². The summed E-state index contributed by atoms with van der Waals surface area (Å²) in [6.07, 6.45) is -4.08. The molecular formula is C21H20BrF3N4O3S. The summed E-state index contributed by atoms with van der Waals surface area (Å²) in [7, 11) is 0.617. The van der Waals surface area contributed by atoms with Crippen LogP contribution in [-0.2, 0) is 16.4 Å². The maximum absolute atomic E-state index is 13.1. The molecule has 0 atom stereocenters. The smallest absolute Gasteiger partial charge is 0.394 e. The summed E-state index contributed by atoms with van der Waals surface area (Å²) in [6, 6.07) is 7.64. The van der Waals surface area contributed by atoms with E-state index in [9.17, 15) is 21.6 Å². The number of rotatable bonds is 6. The van der Waals surface area contributed by atoms with Gasteiger partial charge in [0.25, 0.3) is 0 Å². The van der Waals surface area contributed by atoms with Crippen molar-refractivity contribution in [3.8, 4) is 17.6 Å². The molecule has 0 saturated heterocycles. The van der Waals surface area contributed by atoms with Crippen LogP contribution >= 0.6 is 15.9 Å². The van der Waals surface area contributed by atoms with Crippen LogP contribution in [0.25, 0.3) is 5.65 Å². The van der Waals surface area contributed by atoms with Crippen LogP contribution in [0.4, 0.5) is 18.9 Å². The van der Waals surface area contributed by atoms with Crippen LogP contribution in [0.5, 0.6) is 5.75 Å². The Balaban J connectivity index is 1.86. The van der Waals surface area contributed by atoms with E-state index < -0.39 is 22.6 Å². The fraction of sp³-hybridized carbons (Fsp3) is 0.286. The van der Waals surface area contributed by atoms with Gasteiger partial charge in [-0.05, 0) is 46.1 Å². The number of nitrogens with one attached hydrogen (secondary N) is 1. The molecule has 3 rings (SSSR count). The van der Waals surface area contributed by atoms with E-state index >= 15 is 0 Å². The van der Waals surface area contributed by atoms with Gasteiger partial charge in [-0.2, -0.15) is 13.2 Å². The molecule has 2 heterocycles. The monoisotopic (exact) mass is 544 g/mol. The Morgan fingerprint density at radius 2 is 2.00 bits per heavy atom. The number of halogens is 4. The lowest BCUT2D eigenvalue weighted by molar-refractivity contribution is -0.128. The molecule has 1 aromatic carbocycles. The van der Waals surface area contributed by atoms with Crippen LogP contribution < -0.4 is 10.1 Å². The number of pyridine rings is 1. The average molecular weight is 545 g/mol. The average Bonchev–Trinajstić information content (AvgIpc) is 3.08. The zero-order valence-electron chi connectivity index (χ0n) is 17.9. The molecule has 0 radical (unpaired) electrons. The fourth-order valence-corrected chi connectivity index (χ4v) is 4.35. The highest BCUT2D eigenvalue weighted by atomic mass is 79.9. The third kappa shape index (κ3) is 5.61. The first-order chi connectivity index (χ1) is 15.4. The Kier molecular flexibility index (Phi) is 7.26. The summed E-state index contributed by atoms with van der Waals surface area (Å²) in [6.45, 7) is 0.0661. The maximum Gasteiger partial charge on any atom is 0.394 e. The lowest BCUT2D eigenvalue weighted by Gasteiger charge is -2.14. The van der Waals surface area contributed by atoms with Crippen LogP contribution in [0, 0.1) is 11.8 Å². The standard InChI is InChI=1S/C21H20BrF3N4O3S/c1-28(2)33(30,31)14-8-9-17(19(12-14)32-3)26-10-4-7-16-18(13-21(23,24)25)29-11-5-6-15(22)20(29)27-16/h5-6,8-9,11-12,26H,10,13H2,1-3H3. The first-order valence-corrected chi connectivity index (χ1v) is 11.7. The molecule has 3 aromatic rings. The molecule has 1 N–H and O–H groups in total. The second-order valence-electron chi connectivity index (χ2n) is 7.05. The topological polar surface area (TPSA) is 75.9 Å². The Hall–Kier alpha value is -2.75. The SMILES string of the molecule is COc1cc(S(=O)(=O)N(C)C)ccc1NCC#Cc1nc2c(Br)cccn2c1CC(F)(F)F. The fourth-order valence-electron chi connectivity index (χ4n) is 3.00. The van der Waals surface area contributed by atoms with Gasteiger partial charge >= 0.3 is 6.18 Å². The number of methoxy groups -OCH3 is 1. The second-order valence-corrected chi connectivity index (χ2v) is 10.1. The number of ether oxygens (including phenoxy) is 1. The predicted molar refractivity (Wildman–Crippen MR) is 122 cm³/mol. The number of fused-ring (bicyclic) bond motifs is 1. The molecule has 0 amide bonds. The highest BCUT2D eigenvalue weighted by Gasteiger charge is 2.31. The van der Waals surface area contributed by atoms with Gasteiger partial charge in [-0.1, -0.05) is 5.92 Å². The van der Waals surface area contributed by atoms with E-state index in [2.05, 4.69) is 38.1 Å². The van der Waals surface area contributed by atoms with Crippen molar-refractivity contribution in [1.29, 1.82) is 0 Å². The molecule has 7 nitrogen and oxygen atoms in total. The maximum atomic E-state index is 13.1. The van der Waals surface area contributed by atoms with Crippen molar-refractivity contribution >= 4 is 37.3 Å². The predicted octanol–water partition coefficient (Wildman–Crippen LogP) is 3.92. The van der Waals surface area contributed by atoms with Crippen LogP contribution in [0.15, 0.2) is 45.9 Å². The third-order valence-electron chi connectivity index (χ3n) is 4.59. The molecule has 0 aliphatic heterocycles. The van der Waals surface area contributed by atoms with E-state index in [1.54, 1.807) is 12.1 Å². The third-order valence-corrected chi connectivity index (χ3v) is 7.02. The molecule has 176 valence electrons. The van der Waals surface area contributed by atoms with Gasteiger partial charge in [0, 0.05) is 26.4 Å². The molecule has 33 heavy (non-hydrogen) atoms.